The minimum atomic E-state index is -0.0275. The Morgan fingerprint density at radius 1 is 1.21 bits per heavy atom. The molecule has 0 heterocycles. The molecule has 0 amide bonds. The van der Waals surface area contributed by atoms with Gasteiger partial charge in [0.05, 0.1) is 6.61 Å². The fourth-order valence-corrected chi connectivity index (χ4v) is 3.37. The zero-order valence-electron chi connectivity index (χ0n) is 12.9. The van der Waals surface area contributed by atoms with Crippen molar-refractivity contribution in [1.29, 1.82) is 0 Å². The van der Waals surface area contributed by atoms with Crippen LogP contribution in [0.2, 0.25) is 0 Å². The van der Waals surface area contributed by atoms with Crippen molar-refractivity contribution in [3.63, 3.8) is 0 Å². The third kappa shape index (κ3) is 5.41. The van der Waals surface area contributed by atoms with Gasteiger partial charge < -0.3 is 15.2 Å². The van der Waals surface area contributed by atoms with E-state index in [4.69, 9.17) is 4.74 Å². The SMILES string of the molecule is CCCCCCOCCC1CCCC1(CO)NCC. The van der Waals surface area contributed by atoms with Crippen LogP contribution in [0.15, 0.2) is 0 Å². The molecule has 1 aliphatic carbocycles. The zero-order valence-corrected chi connectivity index (χ0v) is 12.9. The molecule has 3 nitrogen and oxygen atoms in total. The molecule has 1 aliphatic rings. The first-order valence-corrected chi connectivity index (χ1v) is 8.22. The van der Waals surface area contributed by atoms with Gasteiger partial charge in [-0.25, -0.2) is 0 Å². The Balaban J connectivity index is 2.16. The molecule has 2 N–H and O–H groups in total. The van der Waals surface area contributed by atoms with Crippen molar-refractivity contribution in [3.05, 3.63) is 0 Å². The second-order valence-electron chi connectivity index (χ2n) is 5.90. The van der Waals surface area contributed by atoms with Gasteiger partial charge in [-0.15, -0.1) is 0 Å². The average Bonchev–Trinajstić information content (AvgIpc) is 2.82. The molecule has 0 aromatic carbocycles. The van der Waals surface area contributed by atoms with E-state index in [2.05, 4.69) is 19.2 Å². The monoisotopic (exact) mass is 271 g/mol. The number of aliphatic hydroxyl groups is 1. The van der Waals surface area contributed by atoms with Crippen LogP contribution >= 0.6 is 0 Å². The molecule has 1 rings (SSSR count). The van der Waals surface area contributed by atoms with Crippen molar-refractivity contribution >= 4 is 0 Å². The van der Waals surface area contributed by atoms with E-state index < -0.39 is 0 Å². The highest BCUT2D eigenvalue weighted by Gasteiger charge is 2.41. The van der Waals surface area contributed by atoms with E-state index in [1.807, 2.05) is 0 Å². The number of unbranched alkanes of at least 4 members (excludes halogenated alkanes) is 3. The predicted molar refractivity (Wildman–Crippen MR) is 80.4 cm³/mol. The number of likely N-dealkylation sites (N-methyl/N-ethyl adjacent to an activating group) is 1. The van der Waals surface area contributed by atoms with Gasteiger partial charge in [0, 0.05) is 18.8 Å². The minimum absolute atomic E-state index is 0.0275. The highest BCUT2D eigenvalue weighted by atomic mass is 16.5. The van der Waals surface area contributed by atoms with E-state index in [1.54, 1.807) is 0 Å². The Hall–Kier alpha value is -0.120. The first-order valence-electron chi connectivity index (χ1n) is 8.22. The summed E-state index contributed by atoms with van der Waals surface area (Å²) in [5, 5.41) is 13.2. The van der Waals surface area contributed by atoms with Crippen LogP contribution in [0.3, 0.4) is 0 Å². The standard InChI is InChI=1S/C16H33NO2/c1-3-5-6-7-12-19-13-10-15-9-8-11-16(15,14-18)17-4-2/h15,17-18H,3-14H2,1-2H3. The van der Waals surface area contributed by atoms with Crippen molar-refractivity contribution in [3.8, 4) is 0 Å². The summed E-state index contributed by atoms with van der Waals surface area (Å²) in [5.74, 6) is 0.577. The number of nitrogens with one attached hydrogen (secondary N) is 1. The largest absolute Gasteiger partial charge is 0.394 e. The zero-order chi connectivity index (χ0) is 14.0. The average molecular weight is 271 g/mol. The summed E-state index contributed by atoms with van der Waals surface area (Å²) in [5.41, 5.74) is -0.0275. The highest BCUT2D eigenvalue weighted by Crippen LogP contribution is 2.37. The van der Waals surface area contributed by atoms with E-state index in [0.717, 1.165) is 32.6 Å². The number of aliphatic hydroxyl groups excluding tert-OH is 1. The van der Waals surface area contributed by atoms with Gasteiger partial charge in [0.1, 0.15) is 0 Å². The smallest absolute Gasteiger partial charge is 0.0616 e. The van der Waals surface area contributed by atoms with E-state index in [0.29, 0.717) is 5.92 Å². The maximum atomic E-state index is 9.71. The van der Waals surface area contributed by atoms with Gasteiger partial charge in [0.25, 0.3) is 0 Å². The maximum absolute atomic E-state index is 9.71. The Labute approximate surface area is 119 Å². The lowest BCUT2D eigenvalue weighted by atomic mass is 9.85. The van der Waals surface area contributed by atoms with Gasteiger partial charge in [-0.1, -0.05) is 39.5 Å². The van der Waals surface area contributed by atoms with Crippen LogP contribution in [-0.2, 0) is 4.74 Å². The normalized spacial score (nSPS) is 27.0. The fraction of sp³-hybridized carbons (Fsp3) is 1.00. The van der Waals surface area contributed by atoms with Crippen LogP contribution in [0, 0.1) is 5.92 Å². The molecular weight excluding hydrogens is 238 g/mol. The van der Waals surface area contributed by atoms with Gasteiger partial charge in [-0.3, -0.25) is 0 Å². The van der Waals surface area contributed by atoms with Crippen LogP contribution in [0.4, 0.5) is 0 Å². The molecule has 0 aromatic rings. The summed E-state index contributed by atoms with van der Waals surface area (Å²) >= 11 is 0. The lowest BCUT2D eigenvalue weighted by Gasteiger charge is -2.34. The van der Waals surface area contributed by atoms with E-state index in [1.165, 1.54) is 38.5 Å². The Morgan fingerprint density at radius 3 is 2.74 bits per heavy atom. The van der Waals surface area contributed by atoms with Crippen molar-refractivity contribution in [2.24, 2.45) is 5.92 Å². The summed E-state index contributed by atoms with van der Waals surface area (Å²) in [7, 11) is 0. The van der Waals surface area contributed by atoms with Gasteiger partial charge in [-0.2, -0.15) is 0 Å². The molecule has 0 aliphatic heterocycles. The summed E-state index contributed by atoms with van der Waals surface area (Å²) in [6.07, 6.45) is 9.74. The van der Waals surface area contributed by atoms with Crippen molar-refractivity contribution < 1.29 is 9.84 Å². The molecule has 2 unspecified atom stereocenters. The lowest BCUT2D eigenvalue weighted by molar-refractivity contribution is 0.0782. The molecule has 0 spiro atoms. The summed E-state index contributed by atoms with van der Waals surface area (Å²) in [6, 6.07) is 0. The van der Waals surface area contributed by atoms with Gasteiger partial charge in [-0.05, 0) is 38.1 Å². The molecule has 1 saturated carbocycles. The fourth-order valence-electron chi connectivity index (χ4n) is 3.37. The summed E-state index contributed by atoms with van der Waals surface area (Å²) in [6.45, 7) is 7.31. The Bertz CT molecular complexity index is 223. The minimum Gasteiger partial charge on any atom is -0.394 e. The summed E-state index contributed by atoms with van der Waals surface area (Å²) < 4.78 is 5.75. The molecular formula is C16H33NO2. The number of rotatable bonds is 11. The van der Waals surface area contributed by atoms with E-state index in [-0.39, 0.29) is 12.1 Å². The molecule has 114 valence electrons. The maximum Gasteiger partial charge on any atom is 0.0616 e. The second kappa shape index (κ2) is 9.73. The number of ether oxygens (including phenoxy) is 1. The Morgan fingerprint density at radius 2 is 2.05 bits per heavy atom. The quantitative estimate of drug-likeness (QED) is 0.567. The van der Waals surface area contributed by atoms with E-state index in [9.17, 15) is 5.11 Å². The van der Waals surface area contributed by atoms with Crippen LogP contribution in [0.25, 0.3) is 0 Å². The van der Waals surface area contributed by atoms with Crippen molar-refractivity contribution in [1.82, 2.24) is 5.32 Å². The van der Waals surface area contributed by atoms with Gasteiger partial charge >= 0.3 is 0 Å². The second-order valence-corrected chi connectivity index (χ2v) is 5.90. The molecule has 0 saturated heterocycles. The number of hydrogen-bond acceptors (Lipinski definition) is 3. The summed E-state index contributed by atoms with van der Waals surface area (Å²) in [4.78, 5) is 0. The predicted octanol–water partition coefficient (Wildman–Crippen LogP) is 3.11. The first kappa shape index (κ1) is 16.9. The molecule has 0 aromatic heterocycles. The van der Waals surface area contributed by atoms with Gasteiger partial charge in [0.2, 0.25) is 0 Å². The topological polar surface area (TPSA) is 41.5 Å². The third-order valence-electron chi connectivity index (χ3n) is 4.52. The van der Waals surface area contributed by atoms with Crippen LogP contribution in [-0.4, -0.2) is 37.0 Å². The van der Waals surface area contributed by atoms with E-state index >= 15 is 0 Å². The van der Waals surface area contributed by atoms with Crippen LogP contribution < -0.4 is 5.32 Å². The Kier molecular flexibility index (Phi) is 8.67. The third-order valence-corrected chi connectivity index (χ3v) is 4.52. The van der Waals surface area contributed by atoms with Crippen molar-refractivity contribution in [2.75, 3.05) is 26.4 Å². The van der Waals surface area contributed by atoms with Crippen LogP contribution in [0.5, 0.6) is 0 Å². The molecule has 19 heavy (non-hydrogen) atoms. The lowest BCUT2D eigenvalue weighted by Crippen LogP contribution is -2.51. The van der Waals surface area contributed by atoms with Crippen molar-refractivity contribution in [2.45, 2.75) is 70.8 Å². The molecule has 3 heteroatoms. The highest BCUT2D eigenvalue weighted by molar-refractivity contribution is 4.98. The molecule has 1 fully saturated rings. The van der Waals surface area contributed by atoms with Gasteiger partial charge in [0.15, 0.2) is 0 Å². The molecule has 0 radical (unpaired) electrons. The number of hydrogen-bond donors (Lipinski definition) is 2. The molecule has 0 bridgehead atoms. The van der Waals surface area contributed by atoms with Crippen LogP contribution in [0.1, 0.15) is 65.2 Å². The molecule has 2 atom stereocenters. The first-order chi connectivity index (χ1) is 9.29.